The molecule has 0 amide bonds. The van der Waals surface area contributed by atoms with Crippen molar-refractivity contribution in [3.05, 3.63) is 34.1 Å². The predicted molar refractivity (Wildman–Crippen MR) is 80.2 cm³/mol. The van der Waals surface area contributed by atoms with Crippen LogP contribution in [0.5, 0.6) is 5.75 Å². The second-order valence-electron chi connectivity index (χ2n) is 3.62. The lowest BCUT2D eigenvalue weighted by Gasteiger charge is -2.10. The van der Waals surface area contributed by atoms with Gasteiger partial charge in [0.1, 0.15) is 9.96 Å². The minimum atomic E-state index is -3.64. The van der Waals surface area contributed by atoms with Crippen molar-refractivity contribution in [3.63, 3.8) is 0 Å². The summed E-state index contributed by atoms with van der Waals surface area (Å²) in [6, 6.07) is 7.98. The third-order valence-corrected chi connectivity index (χ3v) is 5.80. The van der Waals surface area contributed by atoms with Gasteiger partial charge in [-0.25, -0.2) is 8.42 Å². The molecule has 0 aliphatic heterocycles. The van der Waals surface area contributed by atoms with Gasteiger partial charge >= 0.3 is 0 Å². The molecule has 0 bridgehead atoms. The van der Waals surface area contributed by atoms with Gasteiger partial charge in [0.2, 0.25) is 0 Å². The van der Waals surface area contributed by atoms with Crippen molar-refractivity contribution in [1.82, 2.24) is 0 Å². The molecule has 1 heterocycles. The van der Waals surface area contributed by atoms with Gasteiger partial charge in [-0.1, -0.05) is 0 Å². The molecule has 19 heavy (non-hydrogen) atoms. The number of anilines is 2. The number of nitrogens with one attached hydrogen (secondary N) is 1. The third kappa shape index (κ3) is 3.20. The highest BCUT2D eigenvalue weighted by Crippen LogP contribution is 2.30. The quantitative estimate of drug-likeness (QED) is 0.819. The van der Waals surface area contributed by atoms with E-state index in [9.17, 15) is 8.42 Å². The fraction of sp³-hybridized carbons (Fsp3) is 0.0909. The van der Waals surface area contributed by atoms with E-state index in [1.165, 1.54) is 19.2 Å². The molecule has 0 atom stereocenters. The summed E-state index contributed by atoms with van der Waals surface area (Å²) < 4.78 is 32.7. The average Bonchev–Trinajstić information content (AvgIpc) is 2.79. The number of sulfonamides is 1. The van der Waals surface area contributed by atoms with Crippen LogP contribution >= 0.6 is 27.3 Å². The molecular formula is C11H11BrN2O3S2. The maximum atomic E-state index is 12.1. The summed E-state index contributed by atoms with van der Waals surface area (Å²) in [6.07, 6.45) is 0. The van der Waals surface area contributed by atoms with Crippen LogP contribution in [0.1, 0.15) is 0 Å². The molecule has 8 heteroatoms. The third-order valence-electron chi connectivity index (χ3n) is 2.32. The van der Waals surface area contributed by atoms with Gasteiger partial charge in [0.05, 0.1) is 22.3 Å². The first-order valence-electron chi connectivity index (χ1n) is 5.14. The minimum absolute atomic E-state index is 0.210. The molecule has 0 spiro atoms. The highest BCUT2D eigenvalue weighted by molar-refractivity contribution is 9.11. The minimum Gasteiger partial charge on any atom is -0.497 e. The van der Waals surface area contributed by atoms with E-state index in [0.29, 0.717) is 17.1 Å². The van der Waals surface area contributed by atoms with Crippen LogP contribution in [0, 0.1) is 0 Å². The maximum Gasteiger partial charge on any atom is 0.271 e. The summed E-state index contributed by atoms with van der Waals surface area (Å²) in [5.74, 6) is 0.527. The number of halogens is 1. The summed E-state index contributed by atoms with van der Waals surface area (Å²) in [6.45, 7) is 0. The Balaban J connectivity index is 2.35. The van der Waals surface area contributed by atoms with Crippen LogP contribution in [0.2, 0.25) is 0 Å². The molecule has 102 valence electrons. The molecule has 0 saturated heterocycles. The molecule has 0 aliphatic carbocycles. The first kappa shape index (κ1) is 14.2. The van der Waals surface area contributed by atoms with Gasteiger partial charge in [-0.2, -0.15) is 0 Å². The van der Waals surface area contributed by atoms with Crippen molar-refractivity contribution < 1.29 is 13.2 Å². The molecular weight excluding hydrogens is 352 g/mol. The molecule has 1 aromatic carbocycles. The van der Waals surface area contributed by atoms with E-state index in [4.69, 9.17) is 10.5 Å². The van der Waals surface area contributed by atoms with Gasteiger partial charge in [0.15, 0.2) is 0 Å². The standard InChI is InChI=1S/C11H11BrN2O3S2/c1-17-7-2-3-8(13)9(6-7)14-19(15,16)11-5-4-10(12)18-11/h2-6,14H,13H2,1H3. The number of thiophene rings is 1. The molecule has 0 radical (unpaired) electrons. The Hall–Kier alpha value is -1.25. The SMILES string of the molecule is COc1ccc(N)c(NS(=O)(=O)c2ccc(Br)s2)c1. The largest absolute Gasteiger partial charge is 0.497 e. The van der Waals surface area contributed by atoms with Crippen LogP contribution < -0.4 is 15.2 Å². The van der Waals surface area contributed by atoms with Crippen LogP contribution in [-0.4, -0.2) is 15.5 Å². The monoisotopic (exact) mass is 362 g/mol. The van der Waals surface area contributed by atoms with E-state index in [1.807, 2.05) is 0 Å². The Kier molecular flexibility index (Phi) is 4.02. The van der Waals surface area contributed by atoms with Crippen LogP contribution in [0.3, 0.4) is 0 Å². The lowest BCUT2D eigenvalue weighted by Crippen LogP contribution is -2.12. The molecule has 3 N–H and O–H groups in total. The number of rotatable bonds is 4. The van der Waals surface area contributed by atoms with Gasteiger partial charge in [-0.05, 0) is 40.2 Å². The fourth-order valence-electron chi connectivity index (χ4n) is 1.39. The zero-order valence-electron chi connectivity index (χ0n) is 9.88. The predicted octanol–water partition coefficient (Wildman–Crippen LogP) is 2.90. The Bertz CT molecular complexity index is 698. The first-order chi connectivity index (χ1) is 8.92. The lowest BCUT2D eigenvalue weighted by molar-refractivity contribution is 0.415. The Morgan fingerprint density at radius 1 is 1.32 bits per heavy atom. The number of nitrogen functional groups attached to an aromatic ring is 1. The summed E-state index contributed by atoms with van der Waals surface area (Å²) >= 11 is 4.35. The second-order valence-corrected chi connectivity index (χ2v) is 7.99. The van der Waals surface area contributed by atoms with E-state index >= 15 is 0 Å². The topological polar surface area (TPSA) is 81.4 Å². The number of methoxy groups -OCH3 is 1. The maximum absolute atomic E-state index is 12.1. The van der Waals surface area contributed by atoms with E-state index in [2.05, 4.69) is 20.7 Å². The molecule has 2 rings (SSSR count). The molecule has 0 fully saturated rings. The number of hydrogen-bond donors (Lipinski definition) is 2. The van der Waals surface area contributed by atoms with Gasteiger partial charge in [-0.3, -0.25) is 4.72 Å². The van der Waals surface area contributed by atoms with Crippen LogP contribution in [0.15, 0.2) is 38.3 Å². The lowest BCUT2D eigenvalue weighted by atomic mass is 10.2. The number of nitrogens with two attached hydrogens (primary N) is 1. The van der Waals surface area contributed by atoms with Gasteiger partial charge in [-0.15, -0.1) is 11.3 Å². The van der Waals surface area contributed by atoms with E-state index in [-0.39, 0.29) is 4.21 Å². The molecule has 2 aromatic rings. The van der Waals surface area contributed by atoms with Crippen molar-refractivity contribution in [2.45, 2.75) is 4.21 Å². The molecule has 0 saturated carbocycles. The molecule has 0 unspecified atom stereocenters. The normalized spacial score (nSPS) is 11.3. The van der Waals surface area contributed by atoms with Gasteiger partial charge in [0, 0.05) is 6.07 Å². The van der Waals surface area contributed by atoms with Crippen LogP contribution in [-0.2, 0) is 10.0 Å². The highest BCUT2D eigenvalue weighted by Gasteiger charge is 2.18. The van der Waals surface area contributed by atoms with E-state index in [1.54, 1.807) is 18.2 Å². The summed E-state index contributed by atoms with van der Waals surface area (Å²) in [4.78, 5) is 0. The Labute approximate surface area is 123 Å². The smallest absolute Gasteiger partial charge is 0.271 e. The zero-order valence-corrected chi connectivity index (χ0v) is 13.1. The van der Waals surface area contributed by atoms with Gasteiger partial charge < -0.3 is 10.5 Å². The van der Waals surface area contributed by atoms with Gasteiger partial charge in [0.25, 0.3) is 10.0 Å². The highest BCUT2D eigenvalue weighted by atomic mass is 79.9. The molecule has 5 nitrogen and oxygen atoms in total. The second kappa shape index (κ2) is 5.40. The van der Waals surface area contributed by atoms with Crippen LogP contribution in [0.25, 0.3) is 0 Å². The van der Waals surface area contributed by atoms with Crippen LogP contribution in [0.4, 0.5) is 11.4 Å². The van der Waals surface area contributed by atoms with Crippen molar-refractivity contribution in [2.24, 2.45) is 0 Å². The Morgan fingerprint density at radius 2 is 2.05 bits per heavy atom. The summed E-state index contributed by atoms with van der Waals surface area (Å²) in [7, 11) is -2.14. The molecule has 0 aliphatic rings. The molecule has 1 aromatic heterocycles. The summed E-state index contributed by atoms with van der Waals surface area (Å²) in [5, 5.41) is 0. The zero-order chi connectivity index (χ0) is 14.0. The first-order valence-corrected chi connectivity index (χ1v) is 8.23. The number of benzene rings is 1. The average molecular weight is 363 g/mol. The Morgan fingerprint density at radius 3 is 2.63 bits per heavy atom. The van der Waals surface area contributed by atoms with E-state index in [0.717, 1.165) is 15.1 Å². The van der Waals surface area contributed by atoms with Crippen molar-refractivity contribution >= 4 is 48.7 Å². The van der Waals surface area contributed by atoms with Crippen molar-refractivity contribution in [3.8, 4) is 5.75 Å². The van der Waals surface area contributed by atoms with Crippen molar-refractivity contribution in [2.75, 3.05) is 17.6 Å². The number of hydrogen-bond acceptors (Lipinski definition) is 5. The summed E-state index contributed by atoms with van der Waals surface area (Å²) in [5.41, 5.74) is 6.37. The number of ether oxygens (including phenoxy) is 1. The fourth-order valence-corrected chi connectivity index (χ4v) is 4.48. The van der Waals surface area contributed by atoms with E-state index < -0.39 is 10.0 Å². The van der Waals surface area contributed by atoms with Crippen molar-refractivity contribution in [1.29, 1.82) is 0 Å².